The highest BCUT2D eigenvalue weighted by Crippen LogP contribution is 2.49. The number of allylic oxidation sites excluding steroid dienone is 2. The van der Waals surface area contributed by atoms with E-state index in [2.05, 4.69) is 4.98 Å². The summed E-state index contributed by atoms with van der Waals surface area (Å²) in [5.74, 6) is -2.12. The van der Waals surface area contributed by atoms with Crippen molar-refractivity contribution in [2.75, 3.05) is 6.26 Å². The average molecular weight is 385 g/mol. The highest BCUT2D eigenvalue weighted by Gasteiger charge is 2.45. The van der Waals surface area contributed by atoms with Crippen LogP contribution in [-0.4, -0.2) is 25.8 Å². The molecule has 8 heteroatoms. The Hall–Kier alpha value is -2.22. The molecule has 0 amide bonds. The molecule has 3 rings (SSSR count). The highest BCUT2D eigenvalue weighted by atomic mass is 32.2. The number of nitrogens with zero attached hydrogens (tertiary/aromatic N) is 1. The Balaban J connectivity index is 2.20. The van der Waals surface area contributed by atoms with E-state index >= 15 is 0 Å². The van der Waals surface area contributed by atoms with E-state index in [0.29, 0.717) is 11.1 Å². The molecule has 1 aromatic heterocycles. The summed E-state index contributed by atoms with van der Waals surface area (Å²) in [4.78, 5) is 3.86. The molecule has 0 N–H and O–H groups in total. The molecule has 0 bridgehead atoms. The largest absolute Gasteiger partial charge is 0.392 e. The second kappa shape index (κ2) is 6.50. The third kappa shape index (κ3) is 3.65. The fraction of sp³-hybridized carbons (Fsp3) is 0.278. The van der Waals surface area contributed by atoms with Crippen molar-refractivity contribution in [3.05, 3.63) is 59.5 Å². The summed E-state index contributed by atoms with van der Waals surface area (Å²) in [5, 5.41) is -0.252. The van der Waals surface area contributed by atoms with Crippen LogP contribution in [0, 0.1) is 11.7 Å². The van der Waals surface area contributed by atoms with Gasteiger partial charge in [0.2, 0.25) is 0 Å². The van der Waals surface area contributed by atoms with Crippen LogP contribution in [0.4, 0.5) is 17.6 Å². The molecule has 1 aliphatic carbocycles. The van der Waals surface area contributed by atoms with Crippen molar-refractivity contribution >= 4 is 21.0 Å². The van der Waals surface area contributed by atoms with E-state index in [9.17, 15) is 26.0 Å². The number of benzene rings is 1. The van der Waals surface area contributed by atoms with E-state index in [-0.39, 0.29) is 29.0 Å². The third-order valence-electron chi connectivity index (χ3n) is 4.37. The number of pyridine rings is 1. The number of aromatic nitrogens is 1. The Bertz CT molecular complexity index is 963. The molecule has 1 atom stereocenters. The van der Waals surface area contributed by atoms with Crippen molar-refractivity contribution in [1.82, 2.24) is 4.98 Å². The molecule has 138 valence electrons. The lowest BCUT2D eigenvalue weighted by Crippen LogP contribution is -2.20. The van der Waals surface area contributed by atoms with Crippen LogP contribution in [0.25, 0.3) is 11.1 Å². The zero-order chi connectivity index (χ0) is 19.1. The van der Waals surface area contributed by atoms with Crippen LogP contribution in [0.15, 0.2) is 47.6 Å². The first-order chi connectivity index (χ1) is 12.1. The first-order valence-corrected chi connectivity index (χ1v) is 9.66. The van der Waals surface area contributed by atoms with Gasteiger partial charge in [-0.2, -0.15) is 13.2 Å². The fourth-order valence-electron chi connectivity index (χ4n) is 3.17. The highest BCUT2D eigenvalue weighted by molar-refractivity contribution is 7.90. The van der Waals surface area contributed by atoms with Crippen molar-refractivity contribution in [2.45, 2.75) is 24.0 Å². The molecule has 0 fully saturated rings. The molecule has 0 saturated heterocycles. The molecule has 1 aliphatic rings. The summed E-state index contributed by atoms with van der Waals surface area (Å²) in [7, 11) is -3.72. The van der Waals surface area contributed by atoms with Gasteiger partial charge in [-0.15, -0.1) is 0 Å². The quantitative estimate of drug-likeness (QED) is 0.731. The number of sulfone groups is 1. The van der Waals surface area contributed by atoms with Crippen LogP contribution in [0.1, 0.15) is 24.0 Å². The van der Waals surface area contributed by atoms with Crippen LogP contribution < -0.4 is 0 Å². The lowest BCUT2D eigenvalue weighted by molar-refractivity contribution is -0.170. The van der Waals surface area contributed by atoms with Crippen LogP contribution in [0.5, 0.6) is 0 Å². The van der Waals surface area contributed by atoms with E-state index < -0.39 is 27.7 Å². The van der Waals surface area contributed by atoms with Gasteiger partial charge < -0.3 is 0 Å². The van der Waals surface area contributed by atoms with Gasteiger partial charge in [0.1, 0.15) is 5.82 Å². The molecule has 1 unspecified atom stereocenters. The predicted molar refractivity (Wildman–Crippen MR) is 89.3 cm³/mol. The van der Waals surface area contributed by atoms with Gasteiger partial charge in [-0.25, -0.2) is 17.8 Å². The van der Waals surface area contributed by atoms with Crippen molar-refractivity contribution in [3.63, 3.8) is 0 Å². The maximum absolute atomic E-state index is 13.3. The van der Waals surface area contributed by atoms with Gasteiger partial charge in [-0.1, -0.05) is 18.2 Å². The summed E-state index contributed by atoms with van der Waals surface area (Å²) < 4.78 is 77.2. The van der Waals surface area contributed by atoms with E-state index in [1.54, 1.807) is 0 Å². The maximum Gasteiger partial charge on any atom is 0.392 e. The Labute approximate surface area is 148 Å². The molecule has 2 aromatic rings. The first-order valence-electron chi connectivity index (χ1n) is 7.77. The standard InChI is InChI=1S/C18H15F4NO2S/c1-26(24,25)17-14(3-2-8-23-17)16-10-12(18(20,21)22)9-15(16)11-4-6-13(19)7-5-11/h2-8,12H,9-10H2,1H3. The number of halogens is 4. The predicted octanol–water partition coefficient (Wildman–Crippen LogP) is 4.51. The number of hydrogen-bond acceptors (Lipinski definition) is 3. The van der Waals surface area contributed by atoms with E-state index in [0.717, 1.165) is 6.26 Å². The van der Waals surface area contributed by atoms with Crippen LogP contribution >= 0.6 is 0 Å². The van der Waals surface area contributed by atoms with E-state index in [1.165, 1.54) is 42.6 Å². The second-order valence-electron chi connectivity index (χ2n) is 6.24. The lowest BCUT2D eigenvalue weighted by atomic mass is 9.98. The molecule has 0 radical (unpaired) electrons. The number of rotatable bonds is 3. The Morgan fingerprint density at radius 1 is 1.04 bits per heavy atom. The van der Waals surface area contributed by atoms with E-state index in [4.69, 9.17) is 0 Å². The minimum Gasteiger partial charge on any atom is -0.244 e. The minimum atomic E-state index is -4.42. The summed E-state index contributed by atoms with van der Waals surface area (Å²) >= 11 is 0. The fourth-order valence-corrected chi connectivity index (χ4v) is 4.02. The summed E-state index contributed by atoms with van der Waals surface area (Å²) in [6.07, 6.45) is -2.80. The smallest absolute Gasteiger partial charge is 0.244 e. The van der Waals surface area contributed by atoms with Crippen LogP contribution in [-0.2, 0) is 9.84 Å². The van der Waals surface area contributed by atoms with Gasteiger partial charge in [0, 0.05) is 18.0 Å². The van der Waals surface area contributed by atoms with Crippen LogP contribution in [0.3, 0.4) is 0 Å². The molecule has 1 heterocycles. The summed E-state index contributed by atoms with van der Waals surface area (Å²) in [6.45, 7) is 0. The molecular formula is C18H15F4NO2S. The topological polar surface area (TPSA) is 47.0 Å². The van der Waals surface area contributed by atoms with Crippen molar-refractivity contribution < 1.29 is 26.0 Å². The SMILES string of the molecule is CS(=O)(=O)c1ncccc1C1=C(c2ccc(F)cc2)CC(C(F)(F)F)C1. The zero-order valence-corrected chi connectivity index (χ0v) is 14.5. The number of hydrogen-bond donors (Lipinski definition) is 0. The molecule has 0 spiro atoms. The van der Waals surface area contributed by atoms with Crippen molar-refractivity contribution in [2.24, 2.45) is 5.92 Å². The van der Waals surface area contributed by atoms with Gasteiger partial charge in [-0.3, -0.25) is 0 Å². The molecule has 26 heavy (non-hydrogen) atoms. The normalized spacial score (nSPS) is 18.4. The van der Waals surface area contributed by atoms with E-state index in [1.807, 2.05) is 0 Å². The Morgan fingerprint density at radius 3 is 2.23 bits per heavy atom. The Kier molecular flexibility index (Phi) is 4.64. The first kappa shape index (κ1) is 18.6. The third-order valence-corrected chi connectivity index (χ3v) is 5.40. The monoisotopic (exact) mass is 385 g/mol. The van der Waals surface area contributed by atoms with Gasteiger partial charge in [0.05, 0.1) is 5.92 Å². The molecular weight excluding hydrogens is 370 g/mol. The lowest BCUT2D eigenvalue weighted by Gasteiger charge is -2.15. The summed E-state index contributed by atoms with van der Waals surface area (Å²) in [5.41, 5.74) is 1.26. The average Bonchev–Trinajstić information content (AvgIpc) is 3.00. The molecule has 1 aromatic carbocycles. The van der Waals surface area contributed by atoms with Crippen molar-refractivity contribution in [3.8, 4) is 0 Å². The molecule has 3 nitrogen and oxygen atoms in total. The van der Waals surface area contributed by atoms with Gasteiger partial charge in [0.15, 0.2) is 14.9 Å². The van der Waals surface area contributed by atoms with Crippen molar-refractivity contribution in [1.29, 1.82) is 0 Å². The Morgan fingerprint density at radius 2 is 1.65 bits per heavy atom. The second-order valence-corrected chi connectivity index (χ2v) is 8.17. The summed E-state index contributed by atoms with van der Waals surface area (Å²) in [6, 6.07) is 8.09. The minimum absolute atomic E-state index is 0.168. The molecule has 0 aliphatic heterocycles. The van der Waals surface area contributed by atoms with Crippen LogP contribution in [0.2, 0.25) is 0 Å². The maximum atomic E-state index is 13.3. The van der Waals surface area contributed by atoms with Gasteiger partial charge in [-0.05, 0) is 47.8 Å². The molecule has 0 saturated carbocycles. The zero-order valence-electron chi connectivity index (χ0n) is 13.7. The van der Waals surface area contributed by atoms with Gasteiger partial charge >= 0.3 is 6.18 Å². The number of alkyl halides is 3. The van der Waals surface area contributed by atoms with Gasteiger partial charge in [0.25, 0.3) is 0 Å².